The lowest BCUT2D eigenvalue weighted by atomic mass is 9.87. The second-order valence-electron chi connectivity index (χ2n) is 4.65. The Morgan fingerprint density at radius 2 is 2.17 bits per heavy atom. The first-order valence-corrected chi connectivity index (χ1v) is 5.78. The Kier molecular flexibility index (Phi) is 3.05. The van der Waals surface area contributed by atoms with Gasteiger partial charge in [0.1, 0.15) is 0 Å². The summed E-state index contributed by atoms with van der Waals surface area (Å²) in [6.07, 6.45) is 4.60. The molecule has 18 heavy (non-hydrogen) atoms. The van der Waals surface area contributed by atoms with Crippen molar-refractivity contribution in [2.24, 2.45) is 5.92 Å². The number of nitro groups is 1. The highest BCUT2D eigenvalue weighted by Gasteiger charge is 2.44. The van der Waals surface area contributed by atoms with Gasteiger partial charge in [0, 0.05) is 6.08 Å². The maximum Gasteiger partial charge on any atom is 0.348 e. The molecule has 0 bridgehead atoms. The molecular weight excluding hydrogens is 230 g/mol. The summed E-state index contributed by atoms with van der Waals surface area (Å²) in [7, 11) is 0. The number of nitrogens with zero attached hydrogens (tertiary/aromatic N) is 1. The van der Waals surface area contributed by atoms with Crippen molar-refractivity contribution in [3.8, 4) is 0 Å². The zero-order valence-electron chi connectivity index (χ0n) is 10.3. The van der Waals surface area contributed by atoms with E-state index in [0.717, 1.165) is 16.7 Å². The summed E-state index contributed by atoms with van der Waals surface area (Å²) < 4.78 is 0. The Hall–Kier alpha value is -1.94. The third-order valence-electron chi connectivity index (χ3n) is 3.25. The van der Waals surface area contributed by atoms with Crippen molar-refractivity contribution < 1.29 is 10.0 Å². The molecule has 2 atom stereocenters. The van der Waals surface area contributed by atoms with Crippen LogP contribution in [0.1, 0.15) is 18.1 Å². The standard InChI is InChI=1S/C14H15NO3/c1-10-4-3-5-12(8-10)13-6-7-14(16,15(17)18)11(2)9-13/h3-9,11,16H,1-2H3. The van der Waals surface area contributed by atoms with E-state index in [1.165, 1.54) is 6.08 Å². The van der Waals surface area contributed by atoms with Gasteiger partial charge in [-0.2, -0.15) is 0 Å². The average Bonchev–Trinajstić information content (AvgIpc) is 2.32. The predicted molar refractivity (Wildman–Crippen MR) is 69.4 cm³/mol. The van der Waals surface area contributed by atoms with Crippen LogP contribution in [0.3, 0.4) is 0 Å². The highest BCUT2D eigenvalue weighted by atomic mass is 16.7. The van der Waals surface area contributed by atoms with E-state index in [9.17, 15) is 15.2 Å². The molecule has 0 saturated carbocycles. The van der Waals surface area contributed by atoms with Crippen LogP contribution in [0.15, 0.2) is 42.5 Å². The fourth-order valence-electron chi connectivity index (χ4n) is 2.06. The van der Waals surface area contributed by atoms with Gasteiger partial charge in [0.15, 0.2) is 0 Å². The average molecular weight is 245 g/mol. The van der Waals surface area contributed by atoms with Crippen LogP contribution in [0.5, 0.6) is 0 Å². The molecule has 0 fully saturated rings. The van der Waals surface area contributed by atoms with Gasteiger partial charge in [-0.1, -0.05) is 35.9 Å². The lowest BCUT2D eigenvalue weighted by Gasteiger charge is -2.24. The number of allylic oxidation sites excluding steroid dienone is 2. The molecule has 0 aliphatic heterocycles. The van der Waals surface area contributed by atoms with Gasteiger partial charge in [0.05, 0.1) is 10.8 Å². The molecule has 2 rings (SSSR count). The van der Waals surface area contributed by atoms with Gasteiger partial charge in [-0.05, 0) is 31.1 Å². The summed E-state index contributed by atoms with van der Waals surface area (Å²) in [5.74, 6) is -0.562. The molecular formula is C14H15NO3. The zero-order valence-corrected chi connectivity index (χ0v) is 10.3. The Morgan fingerprint density at radius 3 is 2.72 bits per heavy atom. The van der Waals surface area contributed by atoms with Crippen LogP contribution in [0, 0.1) is 23.0 Å². The maximum absolute atomic E-state index is 10.9. The van der Waals surface area contributed by atoms with Gasteiger partial charge in [0.25, 0.3) is 0 Å². The van der Waals surface area contributed by atoms with E-state index in [1.807, 2.05) is 31.2 Å². The van der Waals surface area contributed by atoms with E-state index < -0.39 is 16.6 Å². The van der Waals surface area contributed by atoms with E-state index in [1.54, 1.807) is 19.1 Å². The van der Waals surface area contributed by atoms with Crippen LogP contribution >= 0.6 is 0 Å². The Balaban J connectivity index is 2.36. The number of aliphatic hydroxyl groups is 1. The molecule has 94 valence electrons. The van der Waals surface area contributed by atoms with Gasteiger partial charge >= 0.3 is 5.72 Å². The summed E-state index contributed by atoms with van der Waals surface area (Å²) in [6.45, 7) is 3.63. The molecule has 0 saturated heterocycles. The summed E-state index contributed by atoms with van der Waals surface area (Å²) in [5, 5.41) is 20.8. The van der Waals surface area contributed by atoms with E-state index in [0.29, 0.717) is 0 Å². The van der Waals surface area contributed by atoms with Crippen LogP contribution < -0.4 is 0 Å². The monoisotopic (exact) mass is 245 g/mol. The lowest BCUT2D eigenvalue weighted by Crippen LogP contribution is -2.43. The van der Waals surface area contributed by atoms with Gasteiger partial charge in [-0.3, -0.25) is 10.1 Å². The van der Waals surface area contributed by atoms with Gasteiger partial charge < -0.3 is 5.11 Å². The van der Waals surface area contributed by atoms with Crippen molar-refractivity contribution in [1.29, 1.82) is 0 Å². The third-order valence-corrected chi connectivity index (χ3v) is 3.25. The lowest BCUT2D eigenvalue weighted by molar-refractivity contribution is -0.616. The number of benzene rings is 1. The second-order valence-corrected chi connectivity index (χ2v) is 4.65. The van der Waals surface area contributed by atoms with Crippen molar-refractivity contribution in [2.75, 3.05) is 0 Å². The van der Waals surface area contributed by atoms with Gasteiger partial charge in [-0.15, -0.1) is 0 Å². The van der Waals surface area contributed by atoms with Gasteiger partial charge in [-0.25, -0.2) is 0 Å². The van der Waals surface area contributed by atoms with E-state index in [4.69, 9.17) is 0 Å². The maximum atomic E-state index is 10.9. The summed E-state index contributed by atoms with van der Waals surface area (Å²) in [4.78, 5) is 10.2. The van der Waals surface area contributed by atoms with Crippen molar-refractivity contribution >= 4 is 5.57 Å². The van der Waals surface area contributed by atoms with Crippen LogP contribution in [0.4, 0.5) is 0 Å². The fraction of sp³-hybridized carbons (Fsp3) is 0.286. The van der Waals surface area contributed by atoms with Crippen molar-refractivity contribution in [1.82, 2.24) is 0 Å². The molecule has 0 amide bonds. The summed E-state index contributed by atoms with van der Waals surface area (Å²) >= 11 is 0. The first-order chi connectivity index (χ1) is 8.43. The van der Waals surface area contributed by atoms with Crippen molar-refractivity contribution in [3.63, 3.8) is 0 Å². The molecule has 0 spiro atoms. The minimum Gasteiger partial charge on any atom is -0.327 e. The summed E-state index contributed by atoms with van der Waals surface area (Å²) in [5.41, 5.74) is 1.04. The molecule has 4 nitrogen and oxygen atoms in total. The van der Waals surface area contributed by atoms with E-state index in [-0.39, 0.29) is 0 Å². The van der Waals surface area contributed by atoms with E-state index in [2.05, 4.69) is 0 Å². The van der Waals surface area contributed by atoms with Crippen LogP contribution in [0.25, 0.3) is 5.57 Å². The molecule has 1 aliphatic rings. The van der Waals surface area contributed by atoms with Crippen molar-refractivity contribution in [2.45, 2.75) is 19.6 Å². The normalized spacial score (nSPS) is 26.8. The molecule has 0 radical (unpaired) electrons. The van der Waals surface area contributed by atoms with Crippen LogP contribution in [-0.2, 0) is 0 Å². The number of aryl methyl sites for hydroxylation is 1. The zero-order chi connectivity index (χ0) is 13.3. The Bertz CT molecular complexity index is 548. The molecule has 2 unspecified atom stereocenters. The smallest absolute Gasteiger partial charge is 0.327 e. The Labute approximate surface area is 105 Å². The van der Waals surface area contributed by atoms with Crippen LogP contribution in [0.2, 0.25) is 0 Å². The largest absolute Gasteiger partial charge is 0.348 e. The summed E-state index contributed by atoms with van der Waals surface area (Å²) in [6, 6.07) is 7.90. The minimum atomic E-state index is -1.99. The van der Waals surface area contributed by atoms with Crippen molar-refractivity contribution in [3.05, 3.63) is 63.7 Å². The predicted octanol–water partition coefficient (Wildman–Crippen LogP) is 2.55. The van der Waals surface area contributed by atoms with Gasteiger partial charge in [0.2, 0.25) is 0 Å². The SMILES string of the molecule is Cc1cccc(C2=CC(C)C(O)([N+](=O)[O-])C=C2)c1. The third kappa shape index (κ3) is 2.07. The molecule has 1 N–H and O–H groups in total. The number of rotatable bonds is 2. The fourth-order valence-corrected chi connectivity index (χ4v) is 2.06. The van der Waals surface area contributed by atoms with E-state index >= 15 is 0 Å². The first kappa shape index (κ1) is 12.5. The quantitative estimate of drug-likeness (QED) is 0.494. The highest BCUT2D eigenvalue weighted by molar-refractivity contribution is 5.75. The molecule has 1 aromatic carbocycles. The number of hydrogen-bond acceptors (Lipinski definition) is 3. The number of hydrogen-bond donors (Lipinski definition) is 1. The highest BCUT2D eigenvalue weighted by Crippen LogP contribution is 2.31. The minimum absolute atomic E-state index is 0.562. The molecule has 1 aromatic rings. The molecule has 4 heteroatoms. The first-order valence-electron chi connectivity index (χ1n) is 5.78. The molecule has 0 heterocycles. The Morgan fingerprint density at radius 1 is 1.44 bits per heavy atom. The van der Waals surface area contributed by atoms with Crippen LogP contribution in [-0.4, -0.2) is 15.8 Å². The molecule has 0 aromatic heterocycles. The molecule has 1 aliphatic carbocycles. The second kappa shape index (κ2) is 4.38. The topological polar surface area (TPSA) is 63.4 Å².